The lowest BCUT2D eigenvalue weighted by Gasteiger charge is -2.08. The Bertz CT molecular complexity index is 1820. The van der Waals surface area contributed by atoms with Crippen LogP contribution in [-0.4, -0.2) is 9.97 Å². The van der Waals surface area contributed by atoms with E-state index in [1.807, 2.05) is 12.1 Å². The van der Waals surface area contributed by atoms with Crippen molar-refractivity contribution in [1.82, 2.24) is 9.97 Å². The lowest BCUT2D eigenvalue weighted by Crippen LogP contribution is -2.02. The van der Waals surface area contributed by atoms with E-state index in [1.54, 1.807) is 84.9 Å². The SMILES string of the molecule is O=c1oc(-c2ccc(Oc3cccc(-c4nc5ccccc5c(=O)o4)c3)cc2)nc2ccccc12. The van der Waals surface area contributed by atoms with Crippen LogP contribution in [0.15, 0.2) is 115 Å². The van der Waals surface area contributed by atoms with Gasteiger partial charge in [-0.1, -0.05) is 30.3 Å². The second-order valence-electron chi connectivity index (χ2n) is 7.80. The fourth-order valence-corrected chi connectivity index (χ4v) is 3.78. The Kier molecular flexibility index (Phi) is 4.93. The molecule has 0 bridgehead atoms. The van der Waals surface area contributed by atoms with Crippen molar-refractivity contribution in [3.63, 3.8) is 0 Å². The Morgan fingerprint density at radius 3 is 1.74 bits per heavy atom. The largest absolute Gasteiger partial charge is 0.457 e. The van der Waals surface area contributed by atoms with E-state index in [9.17, 15) is 9.59 Å². The van der Waals surface area contributed by atoms with Crippen LogP contribution in [-0.2, 0) is 0 Å². The van der Waals surface area contributed by atoms with Crippen molar-refractivity contribution in [1.29, 1.82) is 0 Å². The van der Waals surface area contributed by atoms with E-state index in [0.717, 1.165) is 0 Å². The number of fused-ring (bicyclic) bond motifs is 2. The Morgan fingerprint density at radius 2 is 1.11 bits per heavy atom. The van der Waals surface area contributed by atoms with Gasteiger partial charge < -0.3 is 13.6 Å². The molecule has 0 amide bonds. The zero-order valence-electron chi connectivity index (χ0n) is 18.2. The number of hydrogen-bond donors (Lipinski definition) is 0. The van der Waals surface area contributed by atoms with Gasteiger partial charge in [0.15, 0.2) is 0 Å². The van der Waals surface area contributed by atoms with Crippen LogP contribution in [0.5, 0.6) is 11.5 Å². The molecular formula is C28H16N2O5. The van der Waals surface area contributed by atoms with Crippen molar-refractivity contribution in [2.45, 2.75) is 0 Å². The lowest BCUT2D eigenvalue weighted by atomic mass is 10.2. The summed E-state index contributed by atoms with van der Waals surface area (Å²) in [6.45, 7) is 0. The summed E-state index contributed by atoms with van der Waals surface area (Å²) in [7, 11) is 0. The number of rotatable bonds is 4. The highest BCUT2D eigenvalue weighted by Crippen LogP contribution is 2.28. The maximum Gasteiger partial charge on any atom is 0.347 e. The molecule has 0 saturated heterocycles. The summed E-state index contributed by atoms with van der Waals surface area (Å²) in [6, 6.07) is 28.3. The normalized spacial score (nSPS) is 11.1. The Labute approximate surface area is 197 Å². The zero-order chi connectivity index (χ0) is 23.8. The van der Waals surface area contributed by atoms with E-state index >= 15 is 0 Å². The molecule has 0 fully saturated rings. The molecule has 0 aliphatic carbocycles. The fraction of sp³-hybridized carbons (Fsp3) is 0. The summed E-state index contributed by atoms with van der Waals surface area (Å²) in [4.78, 5) is 33.5. The molecule has 7 heteroatoms. The van der Waals surface area contributed by atoms with Crippen LogP contribution in [0.3, 0.4) is 0 Å². The first-order chi connectivity index (χ1) is 17.1. The summed E-state index contributed by atoms with van der Waals surface area (Å²) in [5.41, 5.74) is 1.53. The first-order valence-electron chi connectivity index (χ1n) is 10.8. The first-order valence-corrected chi connectivity index (χ1v) is 10.8. The molecule has 0 aliphatic heterocycles. The molecule has 2 heterocycles. The van der Waals surface area contributed by atoms with Gasteiger partial charge in [-0.25, -0.2) is 19.6 Å². The maximum absolute atomic E-state index is 12.3. The summed E-state index contributed by atoms with van der Waals surface area (Å²) in [5.74, 6) is 1.57. The molecule has 0 N–H and O–H groups in total. The highest BCUT2D eigenvalue weighted by Gasteiger charge is 2.11. The number of hydrogen-bond acceptors (Lipinski definition) is 7. The minimum Gasteiger partial charge on any atom is -0.457 e. The molecule has 35 heavy (non-hydrogen) atoms. The molecule has 168 valence electrons. The van der Waals surface area contributed by atoms with Gasteiger partial charge in [0.1, 0.15) is 11.5 Å². The predicted octanol–water partition coefficient (Wildman–Crippen LogP) is 5.82. The molecule has 2 aromatic heterocycles. The maximum atomic E-state index is 12.3. The molecule has 0 saturated carbocycles. The third-order valence-electron chi connectivity index (χ3n) is 5.49. The Balaban J connectivity index is 1.28. The van der Waals surface area contributed by atoms with E-state index in [2.05, 4.69) is 9.97 Å². The molecule has 0 aliphatic rings. The van der Waals surface area contributed by atoms with E-state index in [4.69, 9.17) is 13.6 Å². The topological polar surface area (TPSA) is 95.4 Å². The van der Waals surface area contributed by atoms with Crippen molar-refractivity contribution >= 4 is 21.8 Å². The van der Waals surface area contributed by atoms with Crippen molar-refractivity contribution in [3.8, 4) is 34.4 Å². The quantitative estimate of drug-likeness (QED) is 0.327. The third-order valence-corrected chi connectivity index (χ3v) is 5.49. The van der Waals surface area contributed by atoms with Crippen molar-refractivity contribution in [2.24, 2.45) is 0 Å². The molecule has 0 radical (unpaired) electrons. The van der Waals surface area contributed by atoms with Gasteiger partial charge in [0.2, 0.25) is 11.8 Å². The minimum atomic E-state index is -0.443. The molecule has 4 aromatic carbocycles. The summed E-state index contributed by atoms with van der Waals surface area (Å²) in [5, 5.41) is 0.869. The summed E-state index contributed by atoms with van der Waals surface area (Å²) in [6.07, 6.45) is 0. The zero-order valence-corrected chi connectivity index (χ0v) is 18.2. The van der Waals surface area contributed by atoms with E-state index < -0.39 is 11.3 Å². The second kappa shape index (κ2) is 8.39. The molecule has 6 aromatic rings. The molecule has 7 nitrogen and oxygen atoms in total. The lowest BCUT2D eigenvalue weighted by molar-refractivity contribution is 0.481. The van der Waals surface area contributed by atoms with Crippen LogP contribution in [0.1, 0.15) is 0 Å². The van der Waals surface area contributed by atoms with Gasteiger partial charge in [0, 0.05) is 11.1 Å². The van der Waals surface area contributed by atoms with E-state index in [1.165, 1.54) is 0 Å². The van der Waals surface area contributed by atoms with Crippen LogP contribution >= 0.6 is 0 Å². The van der Waals surface area contributed by atoms with Gasteiger partial charge in [-0.3, -0.25) is 0 Å². The van der Waals surface area contributed by atoms with E-state index in [-0.39, 0.29) is 11.8 Å². The van der Waals surface area contributed by atoms with Gasteiger partial charge in [0.25, 0.3) is 0 Å². The number of aromatic nitrogens is 2. The van der Waals surface area contributed by atoms with E-state index in [0.29, 0.717) is 44.4 Å². The number of ether oxygens (including phenoxy) is 1. The van der Waals surface area contributed by atoms with Gasteiger partial charge in [-0.15, -0.1) is 0 Å². The predicted molar refractivity (Wildman–Crippen MR) is 132 cm³/mol. The van der Waals surface area contributed by atoms with Crippen LogP contribution in [0, 0.1) is 0 Å². The van der Waals surface area contributed by atoms with Crippen molar-refractivity contribution in [2.75, 3.05) is 0 Å². The summed E-state index contributed by atoms with van der Waals surface area (Å²) >= 11 is 0. The highest BCUT2D eigenvalue weighted by atomic mass is 16.5. The van der Waals surface area contributed by atoms with Gasteiger partial charge in [-0.05, 0) is 66.7 Å². The Hall–Kier alpha value is -5.04. The number of benzene rings is 4. The number of nitrogens with zero attached hydrogens (tertiary/aromatic N) is 2. The first kappa shape index (κ1) is 20.6. The monoisotopic (exact) mass is 460 g/mol. The minimum absolute atomic E-state index is 0.215. The number of para-hydroxylation sites is 2. The van der Waals surface area contributed by atoms with Crippen LogP contribution in [0.4, 0.5) is 0 Å². The summed E-state index contributed by atoms with van der Waals surface area (Å²) < 4.78 is 16.8. The average molecular weight is 460 g/mol. The molecule has 0 spiro atoms. The highest BCUT2D eigenvalue weighted by molar-refractivity contribution is 5.79. The smallest absolute Gasteiger partial charge is 0.347 e. The van der Waals surface area contributed by atoms with Gasteiger partial charge in [0.05, 0.1) is 21.8 Å². The molecule has 0 atom stereocenters. The second-order valence-corrected chi connectivity index (χ2v) is 7.80. The van der Waals surface area contributed by atoms with Crippen molar-refractivity contribution < 1.29 is 13.6 Å². The van der Waals surface area contributed by atoms with Gasteiger partial charge in [-0.2, -0.15) is 0 Å². The van der Waals surface area contributed by atoms with Crippen LogP contribution in [0.25, 0.3) is 44.7 Å². The third kappa shape index (κ3) is 3.95. The fourth-order valence-electron chi connectivity index (χ4n) is 3.78. The average Bonchev–Trinajstić information content (AvgIpc) is 2.89. The van der Waals surface area contributed by atoms with Crippen LogP contribution < -0.4 is 16.0 Å². The molecule has 6 rings (SSSR count). The van der Waals surface area contributed by atoms with Crippen molar-refractivity contribution in [3.05, 3.63) is 118 Å². The Morgan fingerprint density at radius 1 is 0.543 bits per heavy atom. The standard InChI is InChI=1S/C28H16N2O5/c31-27-21-8-1-3-10-23(21)29-25(34-27)17-12-14-19(15-13-17)33-20-7-5-6-18(16-20)26-30-24-11-4-2-9-22(24)28(32)35-26/h1-16H. The molecule has 0 unspecified atom stereocenters. The van der Waals surface area contributed by atoms with Crippen LogP contribution in [0.2, 0.25) is 0 Å². The molecular weight excluding hydrogens is 444 g/mol. The van der Waals surface area contributed by atoms with Gasteiger partial charge >= 0.3 is 11.3 Å².